The Labute approximate surface area is 119 Å². The molecule has 0 aliphatic carbocycles. The van der Waals surface area contributed by atoms with Crippen LogP contribution in [-0.4, -0.2) is 10.4 Å². The average Bonchev–Trinajstić information content (AvgIpc) is 2.78. The summed E-state index contributed by atoms with van der Waals surface area (Å²) in [5.74, 6) is 0.122. The summed E-state index contributed by atoms with van der Waals surface area (Å²) in [5.41, 5.74) is 3.28. The number of aryl methyl sites for hydroxylation is 1. The number of carbonyl (C=O) groups excluding carboxylic acids is 1. The second-order valence-corrected chi connectivity index (χ2v) is 5.31. The minimum absolute atomic E-state index is 0.122. The van der Waals surface area contributed by atoms with Crippen molar-refractivity contribution >= 4 is 27.6 Å². The van der Waals surface area contributed by atoms with Crippen molar-refractivity contribution in [1.29, 1.82) is 0 Å². The van der Waals surface area contributed by atoms with E-state index in [2.05, 4.69) is 41.8 Å². The van der Waals surface area contributed by atoms with Crippen molar-refractivity contribution in [3.63, 3.8) is 0 Å². The Morgan fingerprint density at radius 2 is 1.80 bits per heavy atom. The first-order chi connectivity index (χ1) is 9.72. The Morgan fingerprint density at radius 1 is 1.05 bits per heavy atom. The average molecular weight is 265 g/mol. The first-order valence-corrected chi connectivity index (χ1v) is 7.24. The van der Waals surface area contributed by atoms with E-state index in [9.17, 15) is 4.79 Å². The van der Waals surface area contributed by atoms with Crippen molar-refractivity contribution in [2.24, 2.45) is 0 Å². The third-order valence-electron chi connectivity index (χ3n) is 3.91. The van der Waals surface area contributed by atoms with Gasteiger partial charge in [-0.2, -0.15) is 0 Å². The number of ketones is 1. The van der Waals surface area contributed by atoms with Gasteiger partial charge in [-0.3, -0.25) is 4.79 Å². The van der Waals surface area contributed by atoms with Crippen molar-refractivity contribution < 1.29 is 4.79 Å². The molecule has 2 aromatic carbocycles. The number of unbranched alkanes of at least 4 members (excludes halogenated alkanes) is 1. The molecular formula is C18H19NO. The molecule has 1 aromatic heterocycles. The van der Waals surface area contributed by atoms with Gasteiger partial charge in [-0.25, -0.2) is 0 Å². The fraction of sp³-hybridized carbons (Fsp3) is 0.278. The lowest BCUT2D eigenvalue weighted by Crippen LogP contribution is -1.97. The number of para-hydroxylation sites is 1. The van der Waals surface area contributed by atoms with Crippen LogP contribution in [0.2, 0.25) is 0 Å². The minimum Gasteiger partial charge on any atom is -0.340 e. The van der Waals surface area contributed by atoms with E-state index in [0.29, 0.717) is 0 Å². The highest BCUT2D eigenvalue weighted by molar-refractivity contribution is 6.10. The smallest absolute Gasteiger partial charge is 0.159 e. The maximum Gasteiger partial charge on any atom is 0.159 e. The van der Waals surface area contributed by atoms with E-state index in [0.717, 1.165) is 12.1 Å². The van der Waals surface area contributed by atoms with Crippen LogP contribution in [0.1, 0.15) is 37.0 Å². The van der Waals surface area contributed by atoms with Crippen molar-refractivity contribution in [2.75, 3.05) is 0 Å². The Kier molecular flexibility index (Phi) is 3.31. The number of Topliss-reactive ketones (excluding diaryl/α,β-unsaturated/α-hetero) is 1. The van der Waals surface area contributed by atoms with Gasteiger partial charge in [-0.05, 0) is 37.6 Å². The molecule has 3 aromatic rings. The largest absolute Gasteiger partial charge is 0.340 e. The Balaban J connectivity index is 2.32. The van der Waals surface area contributed by atoms with Gasteiger partial charge in [-0.15, -0.1) is 0 Å². The van der Waals surface area contributed by atoms with Crippen LogP contribution in [0.3, 0.4) is 0 Å². The summed E-state index contributed by atoms with van der Waals surface area (Å²) < 4.78 is 2.37. The normalized spacial score (nSPS) is 11.3. The zero-order valence-corrected chi connectivity index (χ0v) is 12.0. The van der Waals surface area contributed by atoms with E-state index in [1.807, 2.05) is 12.1 Å². The predicted molar refractivity (Wildman–Crippen MR) is 84.4 cm³/mol. The number of rotatable bonds is 4. The van der Waals surface area contributed by atoms with Gasteiger partial charge in [0.05, 0.1) is 0 Å². The topological polar surface area (TPSA) is 22.0 Å². The second-order valence-electron chi connectivity index (χ2n) is 5.31. The number of aromatic nitrogens is 1. The van der Waals surface area contributed by atoms with E-state index in [4.69, 9.17) is 0 Å². The van der Waals surface area contributed by atoms with Gasteiger partial charge in [0.1, 0.15) is 0 Å². The SMILES string of the molecule is CCCCn1c2ccccc2c2cc(C(C)=O)ccc21. The molecule has 0 saturated heterocycles. The quantitative estimate of drug-likeness (QED) is 0.621. The Morgan fingerprint density at radius 3 is 2.55 bits per heavy atom. The van der Waals surface area contributed by atoms with Crippen molar-refractivity contribution in [3.8, 4) is 0 Å². The van der Waals surface area contributed by atoms with E-state index < -0.39 is 0 Å². The number of carbonyl (C=O) groups is 1. The molecule has 0 N–H and O–H groups in total. The van der Waals surface area contributed by atoms with Crippen LogP contribution in [0.25, 0.3) is 21.8 Å². The fourth-order valence-electron chi connectivity index (χ4n) is 2.83. The van der Waals surface area contributed by atoms with Crippen LogP contribution < -0.4 is 0 Å². The lowest BCUT2D eigenvalue weighted by molar-refractivity contribution is 0.101. The molecule has 0 aliphatic heterocycles. The first kappa shape index (κ1) is 12.9. The maximum absolute atomic E-state index is 11.6. The molecule has 0 amide bonds. The Bertz CT molecular complexity index is 783. The van der Waals surface area contributed by atoms with Crippen LogP contribution in [0.15, 0.2) is 42.5 Å². The summed E-state index contributed by atoms with van der Waals surface area (Å²) in [6.07, 6.45) is 2.35. The van der Waals surface area contributed by atoms with E-state index in [-0.39, 0.29) is 5.78 Å². The van der Waals surface area contributed by atoms with Crippen LogP contribution in [-0.2, 0) is 6.54 Å². The molecule has 0 atom stereocenters. The molecule has 0 bridgehead atoms. The molecule has 0 aliphatic rings. The van der Waals surface area contributed by atoms with E-state index >= 15 is 0 Å². The fourth-order valence-corrected chi connectivity index (χ4v) is 2.83. The van der Waals surface area contributed by atoms with Crippen LogP contribution >= 0.6 is 0 Å². The number of nitrogens with zero attached hydrogens (tertiary/aromatic N) is 1. The molecule has 0 radical (unpaired) electrons. The van der Waals surface area contributed by atoms with Crippen molar-refractivity contribution in [2.45, 2.75) is 33.2 Å². The molecule has 0 unspecified atom stereocenters. The van der Waals surface area contributed by atoms with E-state index in [1.54, 1.807) is 6.92 Å². The molecular weight excluding hydrogens is 246 g/mol. The van der Waals surface area contributed by atoms with Gasteiger partial charge >= 0.3 is 0 Å². The summed E-state index contributed by atoms with van der Waals surface area (Å²) in [6, 6.07) is 14.5. The molecule has 2 heteroatoms. The van der Waals surface area contributed by atoms with Crippen molar-refractivity contribution in [1.82, 2.24) is 4.57 Å². The summed E-state index contributed by atoms with van der Waals surface area (Å²) in [6.45, 7) is 4.86. The highest BCUT2D eigenvalue weighted by Gasteiger charge is 2.11. The standard InChI is InChI=1S/C18H19NO/c1-3-4-11-19-17-8-6-5-7-15(17)16-12-14(13(2)20)9-10-18(16)19/h5-10,12H,3-4,11H2,1-2H3. The highest BCUT2D eigenvalue weighted by atomic mass is 16.1. The molecule has 0 spiro atoms. The van der Waals surface area contributed by atoms with Gasteiger partial charge in [0.15, 0.2) is 5.78 Å². The molecule has 3 rings (SSSR count). The lowest BCUT2D eigenvalue weighted by atomic mass is 10.1. The molecule has 0 saturated carbocycles. The number of benzene rings is 2. The predicted octanol–water partition coefficient (Wildman–Crippen LogP) is 4.80. The van der Waals surface area contributed by atoms with Crippen LogP contribution in [0, 0.1) is 0 Å². The molecule has 102 valence electrons. The van der Waals surface area contributed by atoms with Crippen molar-refractivity contribution in [3.05, 3.63) is 48.0 Å². The minimum atomic E-state index is 0.122. The third kappa shape index (κ3) is 2.01. The molecule has 20 heavy (non-hydrogen) atoms. The lowest BCUT2D eigenvalue weighted by Gasteiger charge is -2.06. The first-order valence-electron chi connectivity index (χ1n) is 7.24. The molecule has 0 fully saturated rings. The summed E-state index contributed by atoms with van der Waals surface area (Å²) in [7, 11) is 0. The molecule has 1 heterocycles. The molecule has 2 nitrogen and oxygen atoms in total. The monoisotopic (exact) mass is 265 g/mol. The maximum atomic E-state index is 11.6. The van der Waals surface area contributed by atoms with Gasteiger partial charge in [0.2, 0.25) is 0 Å². The zero-order chi connectivity index (χ0) is 14.1. The summed E-state index contributed by atoms with van der Waals surface area (Å²) in [4.78, 5) is 11.6. The van der Waals surface area contributed by atoms with E-state index in [1.165, 1.54) is 34.6 Å². The van der Waals surface area contributed by atoms with Crippen LogP contribution in [0.5, 0.6) is 0 Å². The zero-order valence-electron chi connectivity index (χ0n) is 12.0. The second kappa shape index (κ2) is 5.12. The van der Waals surface area contributed by atoms with Gasteiger partial charge in [0, 0.05) is 33.9 Å². The Hall–Kier alpha value is -2.09. The van der Waals surface area contributed by atoms with Gasteiger partial charge in [0.25, 0.3) is 0 Å². The highest BCUT2D eigenvalue weighted by Crippen LogP contribution is 2.30. The number of hydrogen-bond donors (Lipinski definition) is 0. The number of hydrogen-bond acceptors (Lipinski definition) is 1. The summed E-state index contributed by atoms with van der Waals surface area (Å²) >= 11 is 0. The third-order valence-corrected chi connectivity index (χ3v) is 3.91. The summed E-state index contributed by atoms with van der Waals surface area (Å²) in [5, 5.41) is 2.42. The van der Waals surface area contributed by atoms with Crippen LogP contribution in [0.4, 0.5) is 0 Å². The van der Waals surface area contributed by atoms with Gasteiger partial charge < -0.3 is 4.57 Å². The number of fused-ring (bicyclic) bond motifs is 3. The van der Waals surface area contributed by atoms with Gasteiger partial charge in [-0.1, -0.05) is 31.5 Å².